The Morgan fingerprint density at radius 2 is 1.91 bits per heavy atom. The van der Waals surface area contributed by atoms with Crippen LogP contribution >= 0.6 is 11.6 Å². The zero-order valence-corrected chi connectivity index (χ0v) is 13.4. The van der Waals surface area contributed by atoms with Gasteiger partial charge in [-0.2, -0.15) is 0 Å². The van der Waals surface area contributed by atoms with E-state index in [0.29, 0.717) is 18.1 Å². The summed E-state index contributed by atoms with van der Waals surface area (Å²) in [6.07, 6.45) is 0.540. The lowest BCUT2D eigenvalue weighted by molar-refractivity contribution is 0.0322. The van der Waals surface area contributed by atoms with Crippen molar-refractivity contribution >= 4 is 21.6 Å². The normalized spacial score (nSPS) is 18.0. The van der Waals surface area contributed by atoms with Crippen LogP contribution < -0.4 is 4.72 Å². The summed E-state index contributed by atoms with van der Waals surface area (Å²) in [7, 11) is -3.57. The molecular weight excluding hydrogens is 322 g/mol. The molecule has 6 heteroatoms. The van der Waals surface area contributed by atoms with Gasteiger partial charge in [0.05, 0.1) is 17.6 Å². The Labute approximate surface area is 135 Å². The minimum Gasteiger partial charge on any atom is -0.372 e. The third-order valence-corrected chi connectivity index (χ3v) is 5.30. The van der Waals surface area contributed by atoms with Crippen molar-refractivity contribution in [3.63, 3.8) is 0 Å². The van der Waals surface area contributed by atoms with Crippen LogP contribution in [0.25, 0.3) is 0 Å². The summed E-state index contributed by atoms with van der Waals surface area (Å²) >= 11 is 5.84. The number of sulfonamides is 1. The maximum absolute atomic E-state index is 12.2. The summed E-state index contributed by atoms with van der Waals surface area (Å²) < 4.78 is 32.8. The molecule has 0 radical (unpaired) electrons. The summed E-state index contributed by atoms with van der Waals surface area (Å²) in [6, 6.07) is 14.2. The zero-order valence-electron chi connectivity index (χ0n) is 11.8. The molecule has 0 saturated carbocycles. The molecule has 4 nitrogen and oxygen atoms in total. The second-order valence-electron chi connectivity index (χ2n) is 5.22. The summed E-state index contributed by atoms with van der Waals surface area (Å²) in [6.45, 7) is 0.753. The van der Waals surface area contributed by atoms with E-state index >= 15 is 0 Å². The van der Waals surface area contributed by atoms with Crippen molar-refractivity contribution in [1.29, 1.82) is 0 Å². The molecule has 2 aromatic rings. The van der Waals surface area contributed by atoms with Crippen LogP contribution in [0.1, 0.15) is 11.1 Å². The molecular formula is C16H16ClNO3S. The number of fused-ring (bicyclic) bond motifs is 1. The Bertz CT molecular complexity index is 776. The molecule has 1 N–H and O–H groups in total. The highest BCUT2D eigenvalue weighted by atomic mass is 35.5. The minimum absolute atomic E-state index is 0.163. The lowest BCUT2D eigenvalue weighted by atomic mass is 9.99. The molecule has 1 aliphatic heterocycles. The number of hydrogen-bond donors (Lipinski definition) is 1. The van der Waals surface area contributed by atoms with Crippen molar-refractivity contribution in [2.45, 2.75) is 24.0 Å². The molecule has 0 saturated heterocycles. The van der Waals surface area contributed by atoms with Crippen LogP contribution in [0.15, 0.2) is 53.4 Å². The first-order valence-electron chi connectivity index (χ1n) is 6.98. The van der Waals surface area contributed by atoms with E-state index in [2.05, 4.69) is 10.8 Å². The van der Waals surface area contributed by atoms with Gasteiger partial charge in [0, 0.05) is 18.0 Å². The number of benzene rings is 2. The van der Waals surface area contributed by atoms with Crippen molar-refractivity contribution in [2.24, 2.45) is 0 Å². The Morgan fingerprint density at radius 1 is 1.14 bits per heavy atom. The average molecular weight is 338 g/mol. The van der Waals surface area contributed by atoms with Crippen molar-refractivity contribution in [3.05, 3.63) is 64.7 Å². The Kier molecular flexibility index (Phi) is 4.49. The first-order chi connectivity index (χ1) is 10.5. The van der Waals surface area contributed by atoms with Crippen LogP contribution in [0.3, 0.4) is 0 Å². The number of rotatable bonds is 4. The molecule has 1 heterocycles. The molecule has 0 aliphatic carbocycles. The minimum atomic E-state index is -3.57. The maximum Gasteiger partial charge on any atom is 0.240 e. The average Bonchev–Trinajstić information content (AvgIpc) is 2.53. The Hall–Kier alpha value is -1.40. The van der Waals surface area contributed by atoms with E-state index in [-0.39, 0.29) is 17.5 Å². The molecule has 0 fully saturated rings. The van der Waals surface area contributed by atoms with E-state index in [9.17, 15) is 8.42 Å². The predicted molar refractivity (Wildman–Crippen MR) is 85.4 cm³/mol. The van der Waals surface area contributed by atoms with Crippen LogP contribution in [0.5, 0.6) is 0 Å². The summed E-state index contributed by atoms with van der Waals surface area (Å²) in [5, 5.41) is 0.394. The van der Waals surface area contributed by atoms with E-state index in [1.165, 1.54) is 17.7 Å². The molecule has 1 unspecified atom stereocenters. The van der Waals surface area contributed by atoms with Crippen molar-refractivity contribution in [3.8, 4) is 0 Å². The maximum atomic E-state index is 12.2. The van der Waals surface area contributed by atoms with Crippen molar-refractivity contribution in [2.75, 3.05) is 6.54 Å². The fraction of sp³-hybridized carbons (Fsp3) is 0.250. The smallest absolute Gasteiger partial charge is 0.240 e. The predicted octanol–water partition coefficient (Wildman–Crippen LogP) is 2.76. The van der Waals surface area contributed by atoms with E-state index in [0.717, 1.165) is 5.56 Å². The summed E-state index contributed by atoms with van der Waals surface area (Å²) in [5.74, 6) is 0. The van der Waals surface area contributed by atoms with E-state index < -0.39 is 10.0 Å². The van der Waals surface area contributed by atoms with Gasteiger partial charge in [-0.15, -0.1) is 0 Å². The van der Waals surface area contributed by atoms with Crippen molar-refractivity contribution < 1.29 is 13.2 Å². The van der Waals surface area contributed by atoms with Gasteiger partial charge in [-0.1, -0.05) is 41.9 Å². The molecule has 22 heavy (non-hydrogen) atoms. The SMILES string of the molecule is O=S(=O)(NCC1Cc2ccccc2CO1)c1cccc(Cl)c1. The highest BCUT2D eigenvalue weighted by Gasteiger charge is 2.22. The van der Waals surface area contributed by atoms with Gasteiger partial charge in [0.1, 0.15) is 0 Å². The van der Waals surface area contributed by atoms with E-state index in [1.807, 2.05) is 18.2 Å². The Morgan fingerprint density at radius 3 is 2.68 bits per heavy atom. The molecule has 1 atom stereocenters. The van der Waals surface area contributed by atoms with Gasteiger partial charge in [0.15, 0.2) is 0 Å². The fourth-order valence-corrected chi connectivity index (χ4v) is 3.83. The van der Waals surface area contributed by atoms with Gasteiger partial charge >= 0.3 is 0 Å². The number of ether oxygens (including phenoxy) is 1. The second kappa shape index (κ2) is 6.38. The molecule has 3 rings (SSSR count). The lowest BCUT2D eigenvalue weighted by Gasteiger charge is -2.25. The van der Waals surface area contributed by atoms with Crippen LogP contribution in [-0.4, -0.2) is 21.1 Å². The fourth-order valence-electron chi connectivity index (χ4n) is 2.46. The third kappa shape index (κ3) is 3.50. The first kappa shape index (κ1) is 15.5. The molecule has 0 amide bonds. The van der Waals surface area contributed by atoms with E-state index in [1.54, 1.807) is 12.1 Å². The van der Waals surface area contributed by atoms with Crippen LogP contribution in [0.4, 0.5) is 0 Å². The van der Waals surface area contributed by atoms with Gasteiger partial charge in [-0.25, -0.2) is 13.1 Å². The molecule has 0 spiro atoms. The number of halogens is 1. The molecule has 2 aromatic carbocycles. The van der Waals surface area contributed by atoms with Gasteiger partial charge in [0.25, 0.3) is 0 Å². The number of nitrogens with one attached hydrogen (secondary N) is 1. The van der Waals surface area contributed by atoms with Gasteiger partial charge in [0.2, 0.25) is 10.0 Å². The highest BCUT2D eigenvalue weighted by molar-refractivity contribution is 7.89. The Balaban J connectivity index is 1.66. The first-order valence-corrected chi connectivity index (χ1v) is 8.84. The monoisotopic (exact) mass is 337 g/mol. The van der Waals surface area contributed by atoms with Gasteiger partial charge in [-0.05, 0) is 29.3 Å². The van der Waals surface area contributed by atoms with Crippen LogP contribution in [0, 0.1) is 0 Å². The molecule has 1 aliphatic rings. The molecule has 116 valence electrons. The van der Waals surface area contributed by atoms with Gasteiger partial charge < -0.3 is 4.74 Å². The molecule has 0 aromatic heterocycles. The standard InChI is InChI=1S/C16H16ClNO3S/c17-14-6-3-7-16(9-14)22(19,20)18-10-15-8-12-4-1-2-5-13(12)11-21-15/h1-7,9,15,18H,8,10-11H2. The van der Waals surface area contributed by atoms with Crippen LogP contribution in [-0.2, 0) is 27.8 Å². The lowest BCUT2D eigenvalue weighted by Crippen LogP contribution is -2.36. The second-order valence-corrected chi connectivity index (χ2v) is 7.42. The summed E-state index contributed by atoms with van der Waals surface area (Å²) in [4.78, 5) is 0.163. The molecule has 0 bridgehead atoms. The third-order valence-electron chi connectivity index (χ3n) is 3.65. The quantitative estimate of drug-likeness (QED) is 0.933. The van der Waals surface area contributed by atoms with E-state index in [4.69, 9.17) is 16.3 Å². The summed E-state index contributed by atoms with van der Waals surface area (Å²) in [5.41, 5.74) is 2.37. The largest absolute Gasteiger partial charge is 0.372 e. The topological polar surface area (TPSA) is 55.4 Å². The number of hydrogen-bond acceptors (Lipinski definition) is 3. The zero-order chi connectivity index (χ0) is 15.6. The van der Waals surface area contributed by atoms with Crippen LogP contribution in [0.2, 0.25) is 5.02 Å². The van der Waals surface area contributed by atoms with Crippen molar-refractivity contribution in [1.82, 2.24) is 4.72 Å². The highest BCUT2D eigenvalue weighted by Crippen LogP contribution is 2.20. The van der Waals surface area contributed by atoms with Gasteiger partial charge in [-0.3, -0.25) is 0 Å².